The van der Waals surface area contributed by atoms with Crippen molar-refractivity contribution < 1.29 is 4.79 Å². The molecule has 0 N–H and O–H groups in total. The van der Waals surface area contributed by atoms with Gasteiger partial charge in [0.15, 0.2) is 0 Å². The van der Waals surface area contributed by atoms with Crippen LogP contribution in [0.25, 0.3) is 0 Å². The summed E-state index contributed by atoms with van der Waals surface area (Å²) in [4.78, 5) is 14.0. The summed E-state index contributed by atoms with van der Waals surface area (Å²) < 4.78 is 0. The van der Waals surface area contributed by atoms with Crippen LogP contribution in [0, 0.1) is 0 Å². The predicted molar refractivity (Wildman–Crippen MR) is 55.1 cm³/mol. The van der Waals surface area contributed by atoms with Crippen molar-refractivity contribution >= 4 is 5.78 Å². The first-order valence-electron chi connectivity index (χ1n) is 6.14. The number of Topliss-reactive ketones (excluding diaryl/α,β-unsaturated/α-hetero) is 1. The summed E-state index contributed by atoms with van der Waals surface area (Å²) in [5.74, 6) is 0.493. The van der Waals surface area contributed by atoms with Crippen LogP contribution in [0.5, 0.6) is 0 Å². The van der Waals surface area contributed by atoms with Gasteiger partial charge in [0.2, 0.25) is 0 Å². The minimum atomic E-state index is 0.493. The number of rotatable bonds is 3. The normalized spacial score (nSPS) is 29.9. The Morgan fingerprint density at radius 2 is 1.21 bits per heavy atom. The largest absolute Gasteiger partial charge is 0.300 e. The third-order valence-electron chi connectivity index (χ3n) is 3.87. The Morgan fingerprint density at radius 3 is 1.64 bits per heavy atom. The van der Waals surface area contributed by atoms with E-state index < -0.39 is 0 Å². The van der Waals surface area contributed by atoms with Crippen molar-refractivity contribution in [3.63, 3.8) is 0 Å². The van der Waals surface area contributed by atoms with Crippen LogP contribution in [0.4, 0.5) is 0 Å². The Morgan fingerprint density at radius 1 is 0.786 bits per heavy atom. The first-order chi connectivity index (χ1) is 6.84. The van der Waals surface area contributed by atoms with Gasteiger partial charge in [-0.2, -0.15) is 0 Å². The molecule has 3 fully saturated rings. The van der Waals surface area contributed by atoms with E-state index in [0.717, 1.165) is 43.8 Å². The lowest BCUT2D eigenvalue weighted by Gasteiger charge is -2.34. The lowest BCUT2D eigenvalue weighted by molar-refractivity contribution is -0.121. The summed E-state index contributed by atoms with van der Waals surface area (Å²) in [6.45, 7) is 0. The fraction of sp³-hybridized carbons (Fsp3) is 0.917. The molecule has 0 aliphatic heterocycles. The van der Waals surface area contributed by atoms with Crippen molar-refractivity contribution in [2.24, 2.45) is 0 Å². The van der Waals surface area contributed by atoms with Crippen molar-refractivity contribution in [2.75, 3.05) is 0 Å². The van der Waals surface area contributed by atoms with Crippen LogP contribution in [0.1, 0.15) is 51.4 Å². The topological polar surface area (TPSA) is 20.3 Å². The maximum atomic E-state index is 11.2. The Labute approximate surface area is 85.7 Å². The highest BCUT2D eigenvalue weighted by Gasteiger charge is 2.43. The fourth-order valence-corrected chi connectivity index (χ4v) is 2.86. The molecule has 0 aromatic heterocycles. The molecule has 0 saturated heterocycles. The molecule has 78 valence electrons. The average molecular weight is 193 g/mol. The first kappa shape index (κ1) is 8.90. The summed E-state index contributed by atoms with van der Waals surface area (Å²) in [6, 6.07) is 2.56. The van der Waals surface area contributed by atoms with Crippen LogP contribution in [-0.4, -0.2) is 28.8 Å². The molecule has 0 spiro atoms. The van der Waals surface area contributed by atoms with Crippen molar-refractivity contribution in [3.05, 3.63) is 0 Å². The van der Waals surface area contributed by atoms with Gasteiger partial charge in [0, 0.05) is 31.0 Å². The highest BCUT2D eigenvalue weighted by molar-refractivity contribution is 5.79. The van der Waals surface area contributed by atoms with E-state index in [4.69, 9.17) is 0 Å². The minimum absolute atomic E-state index is 0.493. The molecule has 0 amide bonds. The zero-order chi connectivity index (χ0) is 9.54. The van der Waals surface area contributed by atoms with Gasteiger partial charge in [-0.05, 0) is 38.5 Å². The van der Waals surface area contributed by atoms with E-state index in [9.17, 15) is 4.79 Å². The molecule has 3 saturated carbocycles. The van der Waals surface area contributed by atoms with Crippen molar-refractivity contribution in [1.82, 2.24) is 4.90 Å². The van der Waals surface area contributed by atoms with Crippen LogP contribution >= 0.6 is 0 Å². The lowest BCUT2D eigenvalue weighted by atomic mass is 9.93. The first-order valence-corrected chi connectivity index (χ1v) is 6.14. The second-order valence-corrected chi connectivity index (χ2v) is 5.18. The van der Waals surface area contributed by atoms with E-state index in [1.807, 2.05) is 0 Å². The summed E-state index contributed by atoms with van der Waals surface area (Å²) in [6.07, 6.45) is 9.66. The van der Waals surface area contributed by atoms with Crippen molar-refractivity contribution in [3.8, 4) is 0 Å². The van der Waals surface area contributed by atoms with Crippen LogP contribution in [-0.2, 0) is 4.79 Å². The molecule has 14 heavy (non-hydrogen) atoms. The standard InChI is InChI=1S/C12H19NO/c14-12-7-5-11(6-8-12)13(9-1-2-9)10-3-4-10/h9-11H,1-8H2. The van der Waals surface area contributed by atoms with Gasteiger partial charge in [-0.25, -0.2) is 0 Å². The third-order valence-corrected chi connectivity index (χ3v) is 3.87. The number of hydrogen-bond acceptors (Lipinski definition) is 2. The van der Waals surface area contributed by atoms with Crippen molar-refractivity contribution in [2.45, 2.75) is 69.5 Å². The zero-order valence-electron chi connectivity index (χ0n) is 8.74. The highest BCUT2D eigenvalue weighted by Crippen LogP contribution is 2.41. The molecule has 2 heteroatoms. The van der Waals surface area contributed by atoms with Gasteiger partial charge < -0.3 is 0 Å². The second-order valence-electron chi connectivity index (χ2n) is 5.18. The molecule has 0 bridgehead atoms. The van der Waals surface area contributed by atoms with Crippen LogP contribution in [0.15, 0.2) is 0 Å². The van der Waals surface area contributed by atoms with Gasteiger partial charge in [-0.15, -0.1) is 0 Å². The molecule has 3 rings (SSSR count). The van der Waals surface area contributed by atoms with Gasteiger partial charge in [-0.3, -0.25) is 9.69 Å². The smallest absolute Gasteiger partial charge is 0.133 e. The SMILES string of the molecule is O=C1CCC(N(C2CC2)C2CC2)CC1. The molecule has 0 aromatic rings. The Bertz CT molecular complexity index is 221. The Kier molecular flexibility index (Phi) is 2.12. The van der Waals surface area contributed by atoms with E-state index in [1.54, 1.807) is 0 Å². The molecule has 3 aliphatic rings. The number of ketones is 1. The van der Waals surface area contributed by atoms with E-state index in [0.29, 0.717) is 5.78 Å². The van der Waals surface area contributed by atoms with Crippen molar-refractivity contribution in [1.29, 1.82) is 0 Å². The lowest BCUT2D eigenvalue weighted by Crippen LogP contribution is -2.41. The van der Waals surface area contributed by atoms with Gasteiger partial charge in [0.1, 0.15) is 5.78 Å². The number of carbonyl (C=O) groups is 1. The van der Waals surface area contributed by atoms with E-state index in [-0.39, 0.29) is 0 Å². The molecule has 0 atom stereocenters. The summed E-state index contributed by atoms with van der Waals surface area (Å²) in [5, 5.41) is 0. The maximum absolute atomic E-state index is 11.2. The molecular weight excluding hydrogens is 174 g/mol. The summed E-state index contributed by atoms with van der Waals surface area (Å²) >= 11 is 0. The summed E-state index contributed by atoms with van der Waals surface area (Å²) in [5.41, 5.74) is 0. The maximum Gasteiger partial charge on any atom is 0.133 e. The Hall–Kier alpha value is -0.370. The molecule has 0 heterocycles. The monoisotopic (exact) mass is 193 g/mol. The van der Waals surface area contributed by atoms with Gasteiger partial charge in [-0.1, -0.05) is 0 Å². The summed E-state index contributed by atoms with van der Waals surface area (Å²) in [7, 11) is 0. The van der Waals surface area contributed by atoms with Crippen LogP contribution in [0.2, 0.25) is 0 Å². The highest BCUT2D eigenvalue weighted by atomic mass is 16.1. The molecule has 0 aromatic carbocycles. The number of hydrogen-bond donors (Lipinski definition) is 0. The number of nitrogens with zero attached hydrogens (tertiary/aromatic N) is 1. The molecule has 2 nitrogen and oxygen atoms in total. The van der Waals surface area contributed by atoms with Gasteiger partial charge in [0.05, 0.1) is 0 Å². The zero-order valence-corrected chi connectivity index (χ0v) is 8.74. The molecule has 0 radical (unpaired) electrons. The molecular formula is C12H19NO. The van der Waals surface area contributed by atoms with Crippen LogP contribution < -0.4 is 0 Å². The molecule has 0 unspecified atom stereocenters. The van der Waals surface area contributed by atoms with E-state index in [2.05, 4.69) is 4.90 Å². The van der Waals surface area contributed by atoms with Crippen LogP contribution in [0.3, 0.4) is 0 Å². The quantitative estimate of drug-likeness (QED) is 0.684. The molecule has 3 aliphatic carbocycles. The number of carbonyl (C=O) groups excluding carboxylic acids is 1. The van der Waals surface area contributed by atoms with E-state index >= 15 is 0 Å². The predicted octanol–water partition coefficient (Wildman–Crippen LogP) is 2.12. The average Bonchev–Trinajstić information content (AvgIpc) is 3.00. The van der Waals surface area contributed by atoms with E-state index in [1.165, 1.54) is 25.7 Å². The minimum Gasteiger partial charge on any atom is -0.300 e. The fourth-order valence-electron chi connectivity index (χ4n) is 2.86. The second kappa shape index (κ2) is 3.34. The third kappa shape index (κ3) is 1.72. The van der Waals surface area contributed by atoms with Gasteiger partial charge in [0.25, 0.3) is 0 Å². The van der Waals surface area contributed by atoms with Gasteiger partial charge >= 0.3 is 0 Å². The Balaban J connectivity index is 1.63.